The summed E-state index contributed by atoms with van der Waals surface area (Å²) in [5.41, 5.74) is 7.99. The average molecular weight is 461 g/mol. The Bertz CT molecular complexity index is 1770. The summed E-state index contributed by atoms with van der Waals surface area (Å²) in [5, 5.41) is 7.87. The molecule has 5 nitrogen and oxygen atoms in total. The predicted molar refractivity (Wildman–Crippen MR) is 142 cm³/mol. The fourth-order valence-electron chi connectivity index (χ4n) is 5.12. The molecule has 4 aromatic heterocycles. The van der Waals surface area contributed by atoms with Gasteiger partial charge in [0, 0.05) is 33.0 Å². The monoisotopic (exact) mass is 460 g/mol. The molecule has 0 N–H and O–H groups in total. The number of aromatic nitrogens is 4. The van der Waals surface area contributed by atoms with Gasteiger partial charge >= 0.3 is 0 Å². The van der Waals surface area contributed by atoms with Crippen molar-refractivity contribution in [3.63, 3.8) is 0 Å². The molecule has 0 unspecified atom stereocenters. The highest BCUT2D eigenvalue weighted by Gasteiger charge is 2.29. The van der Waals surface area contributed by atoms with E-state index in [0.29, 0.717) is 0 Å². The zero-order valence-corrected chi connectivity index (χ0v) is 21.0. The molecule has 4 heterocycles. The SMILES string of the molecule is Cc1cc2c(c(C(C)(C)C)n1)c1ncnn1c1c(-c3ccccc3C)oc(-c3ccccc3C)c21. The first-order valence-corrected chi connectivity index (χ1v) is 12.0. The summed E-state index contributed by atoms with van der Waals surface area (Å²) >= 11 is 0. The lowest BCUT2D eigenvalue weighted by Crippen LogP contribution is -2.15. The lowest BCUT2D eigenvalue weighted by atomic mass is 9.87. The van der Waals surface area contributed by atoms with Gasteiger partial charge in [-0.15, -0.1) is 0 Å². The van der Waals surface area contributed by atoms with Crippen LogP contribution in [0, 0.1) is 20.8 Å². The van der Waals surface area contributed by atoms with Crippen molar-refractivity contribution in [3.8, 4) is 22.6 Å². The summed E-state index contributed by atoms with van der Waals surface area (Å²) in [7, 11) is 0. The topological polar surface area (TPSA) is 56.2 Å². The molecule has 0 amide bonds. The van der Waals surface area contributed by atoms with Crippen molar-refractivity contribution in [1.82, 2.24) is 19.6 Å². The van der Waals surface area contributed by atoms with E-state index >= 15 is 0 Å². The number of pyridine rings is 2. The highest BCUT2D eigenvalue weighted by molar-refractivity contribution is 6.20. The van der Waals surface area contributed by atoms with Gasteiger partial charge in [-0.3, -0.25) is 4.98 Å². The molecule has 5 heteroatoms. The first-order valence-electron chi connectivity index (χ1n) is 12.0. The van der Waals surface area contributed by atoms with E-state index < -0.39 is 0 Å². The summed E-state index contributed by atoms with van der Waals surface area (Å²) in [4.78, 5) is 9.72. The van der Waals surface area contributed by atoms with Gasteiger partial charge in [0.05, 0.1) is 11.1 Å². The fourth-order valence-corrected chi connectivity index (χ4v) is 5.12. The third-order valence-corrected chi connectivity index (χ3v) is 6.77. The minimum Gasteiger partial charge on any atom is -0.453 e. The third kappa shape index (κ3) is 3.18. The second-order valence-electron chi connectivity index (χ2n) is 10.4. The molecule has 6 rings (SSSR count). The number of nitrogens with zero attached hydrogens (tertiary/aromatic N) is 4. The van der Waals surface area contributed by atoms with E-state index in [4.69, 9.17) is 19.5 Å². The maximum absolute atomic E-state index is 6.84. The van der Waals surface area contributed by atoms with Crippen LogP contribution in [0.25, 0.3) is 50.0 Å². The van der Waals surface area contributed by atoms with E-state index in [0.717, 1.165) is 72.5 Å². The molecule has 0 spiro atoms. The van der Waals surface area contributed by atoms with Gasteiger partial charge in [0.2, 0.25) is 0 Å². The zero-order valence-electron chi connectivity index (χ0n) is 21.0. The minimum absolute atomic E-state index is 0.171. The Balaban J connectivity index is 1.93. The maximum Gasteiger partial charge on any atom is 0.165 e. The van der Waals surface area contributed by atoms with Crippen LogP contribution in [0.2, 0.25) is 0 Å². The molecule has 6 aromatic rings. The molecule has 0 atom stereocenters. The summed E-state index contributed by atoms with van der Waals surface area (Å²) in [6.07, 6.45) is 1.63. The Kier molecular flexibility index (Phi) is 4.62. The lowest BCUT2D eigenvalue weighted by Gasteiger charge is -2.21. The van der Waals surface area contributed by atoms with E-state index in [-0.39, 0.29) is 5.41 Å². The first-order chi connectivity index (χ1) is 16.8. The number of rotatable bonds is 2. The van der Waals surface area contributed by atoms with Crippen molar-refractivity contribution in [2.75, 3.05) is 0 Å². The second-order valence-corrected chi connectivity index (χ2v) is 10.4. The van der Waals surface area contributed by atoms with Crippen LogP contribution in [0.1, 0.15) is 43.3 Å². The molecule has 0 saturated carbocycles. The molecule has 2 aromatic carbocycles. The Morgan fingerprint density at radius 1 is 0.800 bits per heavy atom. The molecule has 0 fully saturated rings. The Morgan fingerprint density at radius 3 is 2.06 bits per heavy atom. The van der Waals surface area contributed by atoms with Crippen LogP contribution in [0.15, 0.2) is 65.3 Å². The summed E-state index contributed by atoms with van der Waals surface area (Å²) < 4.78 is 8.78. The zero-order chi connectivity index (χ0) is 24.5. The normalized spacial score (nSPS) is 12.3. The maximum atomic E-state index is 6.84. The van der Waals surface area contributed by atoms with E-state index in [1.807, 2.05) is 4.52 Å². The highest BCUT2D eigenvalue weighted by Crippen LogP contribution is 2.46. The van der Waals surface area contributed by atoms with Crippen LogP contribution in [0.4, 0.5) is 0 Å². The van der Waals surface area contributed by atoms with Crippen LogP contribution in [0.5, 0.6) is 0 Å². The van der Waals surface area contributed by atoms with Crippen molar-refractivity contribution in [1.29, 1.82) is 0 Å². The molecule has 0 aliphatic rings. The Morgan fingerprint density at radius 2 is 1.43 bits per heavy atom. The molecular weight excluding hydrogens is 432 g/mol. The van der Waals surface area contributed by atoms with Gasteiger partial charge in [0.25, 0.3) is 0 Å². The molecule has 0 saturated heterocycles. The summed E-state index contributed by atoms with van der Waals surface area (Å²) in [5.74, 6) is 1.66. The van der Waals surface area contributed by atoms with Gasteiger partial charge in [-0.25, -0.2) is 9.50 Å². The quantitative estimate of drug-likeness (QED) is 0.267. The average Bonchev–Trinajstić information content (AvgIpc) is 3.44. The summed E-state index contributed by atoms with van der Waals surface area (Å²) in [6, 6.07) is 18.9. The van der Waals surface area contributed by atoms with Gasteiger partial charge in [0.15, 0.2) is 11.4 Å². The van der Waals surface area contributed by atoms with Gasteiger partial charge < -0.3 is 4.42 Å². The number of fused-ring (bicyclic) bond motifs is 6. The van der Waals surface area contributed by atoms with E-state index in [1.165, 1.54) is 0 Å². The van der Waals surface area contributed by atoms with E-state index in [2.05, 4.69) is 96.1 Å². The molecule has 0 aliphatic heterocycles. The highest BCUT2D eigenvalue weighted by atomic mass is 16.3. The van der Waals surface area contributed by atoms with Crippen molar-refractivity contribution < 1.29 is 4.42 Å². The Labute approximate surface area is 204 Å². The van der Waals surface area contributed by atoms with Gasteiger partial charge in [-0.2, -0.15) is 5.10 Å². The van der Waals surface area contributed by atoms with Gasteiger partial charge in [0.1, 0.15) is 17.6 Å². The van der Waals surface area contributed by atoms with Crippen molar-refractivity contribution >= 4 is 27.3 Å². The van der Waals surface area contributed by atoms with Gasteiger partial charge in [-0.1, -0.05) is 69.3 Å². The number of furan rings is 1. The van der Waals surface area contributed by atoms with Crippen LogP contribution >= 0.6 is 0 Å². The molecule has 0 radical (unpaired) electrons. The Hall–Kier alpha value is -3.99. The van der Waals surface area contributed by atoms with Crippen molar-refractivity contribution in [2.45, 2.75) is 47.0 Å². The lowest BCUT2D eigenvalue weighted by molar-refractivity contribution is 0.574. The summed E-state index contributed by atoms with van der Waals surface area (Å²) in [6.45, 7) is 12.9. The smallest absolute Gasteiger partial charge is 0.165 e. The predicted octanol–water partition coefficient (Wildman–Crippen LogP) is 7.58. The van der Waals surface area contributed by atoms with Crippen LogP contribution in [-0.2, 0) is 5.41 Å². The fraction of sp³-hybridized carbons (Fsp3) is 0.233. The number of benzene rings is 2. The number of hydrogen-bond acceptors (Lipinski definition) is 4. The molecule has 0 aliphatic carbocycles. The van der Waals surface area contributed by atoms with Crippen LogP contribution < -0.4 is 0 Å². The molecular formula is C30H28N4O. The van der Waals surface area contributed by atoms with Crippen molar-refractivity contribution in [2.24, 2.45) is 0 Å². The molecule has 174 valence electrons. The van der Waals surface area contributed by atoms with Crippen LogP contribution in [-0.4, -0.2) is 19.6 Å². The molecule has 0 bridgehead atoms. The van der Waals surface area contributed by atoms with E-state index in [1.54, 1.807) is 6.33 Å². The van der Waals surface area contributed by atoms with Crippen LogP contribution in [0.3, 0.4) is 0 Å². The third-order valence-electron chi connectivity index (χ3n) is 6.77. The number of hydrogen-bond donors (Lipinski definition) is 0. The minimum atomic E-state index is -0.171. The number of aryl methyl sites for hydroxylation is 3. The van der Waals surface area contributed by atoms with Gasteiger partial charge in [-0.05, 0) is 38.0 Å². The second kappa shape index (κ2) is 7.51. The first kappa shape index (κ1) is 21.5. The standard InChI is InChI=1S/C30H28N4O/c1-17-11-7-9-13-20(17)26-23-22-15-19(3)33-28(30(4,5)6)24(22)29-31-16-32-34(29)25(23)27(35-26)21-14-10-8-12-18(21)2/h7-16H,1-6H3. The van der Waals surface area contributed by atoms with Crippen molar-refractivity contribution in [3.05, 3.63) is 83.4 Å². The van der Waals surface area contributed by atoms with E-state index in [9.17, 15) is 0 Å². The molecule has 35 heavy (non-hydrogen) atoms. The largest absolute Gasteiger partial charge is 0.453 e.